The van der Waals surface area contributed by atoms with Gasteiger partial charge in [0.15, 0.2) is 0 Å². The summed E-state index contributed by atoms with van der Waals surface area (Å²) in [6.07, 6.45) is 3.95. The molecule has 0 spiro atoms. The highest BCUT2D eigenvalue weighted by molar-refractivity contribution is 6.03. The van der Waals surface area contributed by atoms with E-state index in [-0.39, 0.29) is 11.7 Å². The number of carbonyl (C=O) groups is 2. The molecule has 2 aromatic carbocycles. The third-order valence-corrected chi connectivity index (χ3v) is 5.06. The molecular weight excluding hydrogens is 392 g/mol. The van der Waals surface area contributed by atoms with Crippen LogP contribution < -0.4 is 10.1 Å². The lowest BCUT2D eigenvalue weighted by atomic mass is 10.2. The van der Waals surface area contributed by atoms with Crippen molar-refractivity contribution in [1.82, 2.24) is 14.8 Å². The molecule has 7 nitrogen and oxygen atoms in total. The van der Waals surface area contributed by atoms with Crippen molar-refractivity contribution < 1.29 is 14.3 Å². The van der Waals surface area contributed by atoms with Crippen molar-refractivity contribution in [2.75, 3.05) is 5.32 Å². The van der Waals surface area contributed by atoms with Crippen molar-refractivity contribution in [3.05, 3.63) is 96.1 Å². The monoisotopic (exact) mass is 410 g/mol. The van der Waals surface area contributed by atoms with Crippen LogP contribution in [0.4, 0.5) is 5.69 Å². The Bertz CT molecular complexity index is 1260. The number of nitrogens with one attached hydrogen (secondary N) is 1. The van der Waals surface area contributed by atoms with E-state index in [0.29, 0.717) is 35.7 Å². The van der Waals surface area contributed by atoms with Crippen LogP contribution in [0.15, 0.2) is 79.1 Å². The van der Waals surface area contributed by atoms with Gasteiger partial charge in [-0.3, -0.25) is 14.6 Å². The van der Waals surface area contributed by atoms with Crippen LogP contribution in [0.2, 0.25) is 0 Å². The molecule has 2 aromatic heterocycles. The van der Waals surface area contributed by atoms with Crippen molar-refractivity contribution in [2.45, 2.75) is 12.8 Å². The van der Waals surface area contributed by atoms with Gasteiger partial charge in [0.05, 0.1) is 17.6 Å². The molecule has 0 unspecified atom stereocenters. The number of anilines is 1. The predicted molar refractivity (Wildman–Crippen MR) is 115 cm³/mol. The number of rotatable bonds is 5. The molecule has 0 aliphatic heterocycles. The molecule has 1 amide bonds. The molecule has 152 valence electrons. The van der Waals surface area contributed by atoms with E-state index < -0.39 is 0 Å². The fourth-order valence-corrected chi connectivity index (χ4v) is 3.58. The van der Waals surface area contributed by atoms with Gasteiger partial charge in [-0.05, 0) is 48.5 Å². The average molecular weight is 410 g/mol. The second kappa shape index (κ2) is 7.87. The standard InChI is InChI=1S/C24H18N4O3/c29-18-14-20-21(15-18)25-12-11-23(20)31-19-8-6-16(7-9-19)27-24(30)22-10-13-26-28(22)17-4-2-1-3-5-17/h1-13H,14-15H2,(H,27,30). The fourth-order valence-electron chi connectivity index (χ4n) is 3.58. The lowest BCUT2D eigenvalue weighted by Crippen LogP contribution is -2.16. The summed E-state index contributed by atoms with van der Waals surface area (Å²) < 4.78 is 7.56. The molecule has 0 atom stereocenters. The van der Waals surface area contributed by atoms with Crippen LogP contribution in [0.1, 0.15) is 21.7 Å². The molecule has 0 radical (unpaired) electrons. The number of Topliss-reactive ketones (excluding diaryl/α,β-unsaturated/α-hetero) is 1. The average Bonchev–Trinajstić information content (AvgIpc) is 3.42. The number of para-hydroxylation sites is 1. The topological polar surface area (TPSA) is 86.1 Å². The predicted octanol–water partition coefficient (Wildman–Crippen LogP) is 3.98. The SMILES string of the molecule is O=C1Cc2nccc(Oc3ccc(NC(=O)c4ccnn4-c4ccccc4)cc3)c2C1. The maximum atomic E-state index is 12.8. The van der Waals surface area contributed by atoms with Crippen LogP contribution in [-0.2, 0) is 17.6 Å². The number of carbonyl (C=O) groups excluding carboxylic acids is 2. The Balaban J connectivity index is 1.30. The number of pyridine rings is 1. The van der Waals surface area contributed by atoms with Crippen LogP contribution in [0.5, 0.6) is 11.5 Å². The third kappa shape index (κ3) is 3.81. The molecule has 0 saturated heterocycles. The molecule has 7 heteroatoms. The molecule has 31 heavy (non-hydrogen) atoms. The summed E-state index contributed by atoms with van der Waals surface area (Å²) in [5.74, 6) is 1.13. The summed E-state index contributed by atoms with van der Waals surface area (Å²) >= 11 is 0. The number of ether oxygens (including phenoxy) is 1. The van der Waals surface area contributed by atoms with E-state index in [1.165, 1.54) is 0 Å². The maximum Gasteiger partial charge on any atom is 0.274 e. The van der Waals surface area contributed by atoms with Crippen LogP contribution in [0.25, 0.3) is 5.69 Å². The Morgan fingerprint density at radius 1 is 0.935 bits per heavy atom. The Labute approximate surface area is 178 Å². The number of aromatic nitrogens is 3. The van der Waals surface area contributed by atoms with E-state index in [1.54, 1.807) is 53.5 Å². The van der Waals surface area contributed by atoms with Crippen molar-refractivity contribution in [1.29, 1.82) is 0 Å². The minimum absolute atomic E-state index is 0.145. The number of nitrogens with zero attached hydrogens (tertiary/aromatic N) is 3. The number of fused-ring (bicyclic) bond motifs is 1. The third-order valence-electron chi connectivity index (χ3n) is 5.06. The smallest absolute Gasteiger partial charge is 0.274 e. The van der Waals surface area contributed by atoms with Crippen molar-refractivity contribution in [2.24, 2.45) is 0 Å². The molecule has 0 bridgehead atoms. The largest absolute Gasteiger partial charge is 0.457 e. The van der Waals surface area contributed by atoms with Gasteiger partial charge in [0.2, 0.25) is 0 Å². The molecule has 2 heterocycles. The fraction of sp³-hybridized carbons (Fsp3) is 0.0833. The Morgan fingerprint density at radius 3 is 2.55 bits per heavy atom. The van der Waals surface area contributed by atoms with Crippen molar-refractivity contribution in [3.63, 3.8) is 0 Å². The highest BCUT2D eigenvalue weighted by Gasteiger charge is 2.23. The van der Waals surface area contributed by atoms with Crippen LogP contribution in [0.3, 0.4) is 0 Å². The number of amides is 1. The van der Waals surface area contributed by atoms with E-state index >= 15 is 0 Å². The number of ketones is 1. The van der Waals surface area contributed by atoms with Gasteiger partial charge in [-0.25, -0.2) is 4.68 Å². The molecule has 1 N–H and O–H groups in total. The Kier molecular flexibility index (Phi) is 4.76. The molecule has 1 aliphatic rings. The van der Waals surface area contributed by atoms with E-state index in [1.807, 2.05) is 30.3 Å². The van der Waals surface area contributed by atoms with Gasteiger partial charge in [0, 0.05) is 30.3 Å². The lowest BCUT2D eigenvalue weighted by Gasteiger charge is -2.11. The van der Waals surface area contributed by atoms with Crippen LogP contribution in [-0.4, -0.2) is 26.5 Å². The summed E-state index contributed by atoms with van der Waals surface area (Å²) in [5.41, 5.74) is 3.50. The summed E-state index contributed by atoms with van der Waals surface area (Å²) in [6.45, 7) is 0. The summed E-state index contributed by atoms with van der Waals surface area (Å²) in [7, 11) is 0. The molecule has 5 rings (SSSR count). The number of benzene rings is 2. The van der Waals surface area contributed by atoms with Gasteiger partial charge in [-0.2, -0.15) is 5.10 Å². The van der Waals surface area contributed by atoms with Crippen molar-refractivity contribution in [3.8, 4) is 17.2 Å². The molecule has 0 fully saturated rings. The van der Waals surface area contributed by atoms with Gasteiger partial charge < -0.3 is 10.1 Å². The Hall–Kier alpha value is -4.26. The van der Waals surface area contributed by atoms with E-state index in [2.05, 4.69) is 15.4 Å². The van der Waals surface area contributed by atoms with Gasteiger partial charge in [0.1, 0.15) is 23.0 Å². The number of hydrogen-bond acceptors (Lipinski definition) is 5. The van der Waals surface area contributed by atoms with Crippen LogP contribution in [0, 0.1) is 0 Å². The number of hydrogen-bond donors (Lipinski definition) is 1. The van der Waals surface area contributed by atoms with Gasteiger partial charge >= 0.3 is 0 Å². The van der Waals surface area contributed by atoms with Gasteiger partial charge in [0.25, 0.3) is 5.91 Å². The summed E-state index contributed by atoms with van der Waals surface area (Å²) in [6, 6.07) is 20.0. The molecule has 4 aromatic rings. The molecular formula is C24H18N4O3. The Morgan fingerprint density at radius 2 is 1.74 bits per heavy atom. The summed E-state index contributed by atoms with van der Waals surface area (Å²) in [5, 5.41) is 7.13. The molecule has 1 aliphatic carbocycles. The first-order valence-corrected chi connectivity index (χ1v) is 9.84. The molecule has 0 saturated carbocycles. The minimum Gasteiger partial charge on any atom is -0.457 e. The van der Waals surface area contributed by atoms with E-state index in [0.717, 1.165) is 16.9 Å². The first-order valence-electron chi connectivity index (χ1n) is 9.84. The van der Waals surface area contributed by atoms with Gasteiger partial charge in [-0.15, -0.1) is 0 Å². The summed E-state index contributed by atoms with van der Waals surface area (Å²) in [4.78, 5) is 28.7. The first kappa shape index (κ1) is 18.7. The quantitative estimate of drug-likeness (QED) is 0.538. The van der Waals surface area contributed by atoms with Crippen LogP contribution >= 0.6 is 0 Å². The zero-order chi connectivity index (χ0) is 21.2. The van der Waals surface area contributed by atoms with Crippen molar-refractivity contribution >= 4 is 17.4 Å². The lowest BCUT2D eigenvalue weighted by molar-refractivity contribution is -0.117. The minimum atomic E-state index is -0.263. The highest BCUT2D eigenvalue weighted by Crippen LogP contribution is 2.31. The second-order valence-electron chi connectivity index (χ2n) is 7.17. The maximum absolute atomic E-state index is 12.8. The normalized spacial score (nSPS) is 12.5. The van der Waals surface area contributed by atoms with Gasteiger partial charge in [-0.1, -0.05) is 18.2 Å². The first-order chi connectivity index (χ1) is 15.2. The second-order valence-corrected chi connectivity index (χ2v) is 7.17. The van der Waals surface area contributed by atoms with E-state index in [4.69, 9.17) is 4.74 Å². The zero-order valence-electron chi connectivity index (χ0n) is 16.5. The zero-order valence-corrected chi connectivity index (χ0v) is 16.5. The van der Waals surface area contributed by atoms with E-state index in [9.17, 15) is 9.59 Å². The highest BCUT2D eigenvalue weighted by atomic mass is 16.5.